The lowest BCUT2D eigenvalue weighted by molar-refractivity contribution is 0.186. The van der Waals surface area contributed by atoms with Gasteiger partial charge in [0, 0.05) is 30.6 Å². The number of thioether (sulfide) groups is 1. The molecule has 1 fully saturated rings. The van der Waals surface area contributed by atoms with Crippen LogP contribution in [-0.2, 0) is 0 Å². The van der Waals surface area contributed by atoms with E-state index in [-0.39, 0.29) is 12.4 Å². The average Bonchev–Trinajstić information content (AvgIpc) is 2.59. The summed E-state index contributed by atoms with van der Waals surface area (Å²) in [7, 11) is 0. The molecule has 0 aromatic heterocycles. The Kier molecular flexibility index (Phi) is 7.17. The molecule has 2 unspecified atom stereocenters. The SMILES string of the molecule is CCNC(=NCC(O)c1ccc(F)cc1)N1CCSC(CC)C1. The zero-order chi connectivity index (χ0) is 16.7. The van der Waals surface area contributed by atoms with E-state index in [0.717, 1.165) is 37.8 Å². The third kappa shape index (κ3) is 5.39. The molecule has 1 aliphatic heterocycles. The fraction of sp³-hybridized carbons (Fsp3) is 0.588. The first-order chi connectivity index (χ1) is 11.1. The summed E-state index contributed by atoms with van der Waals surface area (Å²) in [6.45, 7) is 7.28. The van der Waals surface area contributed by atoms with Crippen LogP contribution in [0.1, 0.15) is 31.9 Å². The molecule has 23 heavy (non-hydrogen) atoms. The molecule has 4 nitrogen and oxygen atoms in total. The number of rotatable bonds is 5. The molecule has 1 heterocycles. The Morgan fingerprint density at radius 3 is 2.83 bits per heavy atom. The molecule has 0 amide bonds. The molecule has 2 atom stereocenters. The maximum atomic E-state index is 12.9. The van der Waals surface area contributed by atoms with Crippen LogP contribution in [0.2, 0.25) is 0 Å². The molecule has 0 radical (unpaired) electrons. The number of aliphatic hydroxyl groups is 1. The Morgan fingerprint density at radius 2 is 2.17 bits per heavy atom. The number of nitrogens with zero attached hydrogens (tertiary/aromatic N) is 2. The number of benzene rings is 1. The maximum absolute atomic E-state index is 12.9. The van der Waals surface area contributed by atoms with E-state index in [2.05, 4.69) is 22.1 Å². The molecular formula is C17H26FN3OS. The molecule has 1 aromatic carbocycles. The van der Waals surface area contributed by atoms with Crippen LogP contribution in [0.25, 0.3) is 0 Å². The summed E-state index contributed by atoms with van der Waals surface area (Å²) < 4.78 is 12.9. The van der Waals surface area contributed by atoms with Crippen molar-refractivity contribution in [3.05, 3.63) is 35.6 Å². The highest BCUT2D eigenvalue weighted by Crippen LogP contribution is 2.21. The van der Waals surface area contributed by atoms with Gasteiger partial charge in [0.25, 0.3) is 0 Å². The Hall–Kier alpha value is -1.27. The van der Waals surface area contributed by atoms with Gasteiger partial charge in [-0.25, -0.2) is 4.39 Å². The van der Waals surface area contributed by atoms with E-state index in [0.29, 0.717) is 10.8 Å². The number of hydrogen-bond donors (Lipinski definition) is 2. The number of guanidine groups is 1. The first kappa shape index (κ1) is 18.1. The van der Waals surface area contributed by atoms with Crippen LogP contribution < -0.4 is 5.32 Å². The number of aliphatic hydroxyl groups excluding tert-OH is 1. The maximum Gasteiger partial charge on any atom is 0.194 e. The van der Waals surface area contributed by atoms with E-state index in [1.54, 1.807) is 12.1 Å². The smallest absolute Gasteiger partial charge is 0.194 e. The fourth-order valence-electron chi connectivity index (χ4n) is 2.55. The van der Waals surface area contributed by atoms with Crippen molar-refractivity contribution in [3.8, 4) is 0 Å². The topological polar surface area (TPSA) is 47.9 Å². The lowest BCUT2D eigenvalue weighted by Crippen LogP contribution is -2.48. The molecule has 6 heteroatoms. The van der Waals surface area contributed by atoms with Gasteiger partial charge in [0.1, 0.15) is 5.82 Å². The van der Waals surface area contributed by atoms with Gasteiger partial charge < -0.3 is 15.3 Å². The number of halogens is 1. The summed E-state index contributed by atoms with van der Waals surface area (Å²) in [5.74, 6) is 1.66. The van der Waals surface area contributed by atoms with Crippen LogP contribution >= 0.6 is 11.8 Å². The summed E-state index contributed by atoms with van der Waals surface area (Å²) >= 11 is 2.02. The predicted octanol–water partition coefficient (Wildman–Crippen LogP) is 2.65. The fourth-order valence-corrected chi connectivity index (χ4v) is 3.73. The van der Waals surface area contributed by atoms with Crippen LogP contribution in [0.5, 0.6) is 0 Å². The minimum absolute atomic E-state index is 0.272. The second-order valence-electron chi connectivity index (χ2n) is 5.61. The third-order valence-corrected chi connectivity index (χ3v) is 5.27. The molecule has 2 rings (SSSR count). The van der Waals surface area contributed by atoms with Crippen LogP contribution in [-0.4, -0.2) is 53.1 Å². The van der Waals surface area contributed by atoms with Crippen molar-refractivity contribution < 1.29 is 9.50 Å². The van der Waals surface area contributed by atoms with Crippen LogP contribution in [0, 0.1) is 5.82 Å². The van der Waals surface area contributed by atoms with Crippen LogP contribution in [0.15, 0.2) is 29.3 Å². The molecule has 128 valence electrons. The highest BCUT2D eigenvalue weighted by molar-refractivity contribution is 8.00. The Bertz CT molecular complexity index is 509. The molecule has 2 N–H and O–H groups in total. The second-order valence-corrected chi connectivity index (χ2v) is 7.02. The van der Waals surface area contributed by atoms with E-state index in [9.17, 15) is 9.50 Å². The first-order valence-electron chi connectivity index (χ1n) is 8.22. The van der Waals surface area contributed by atoms with Gasteiger partial charge in [-0.05, 0) is 31.0 Å². The third-order valence-electron chi connectivity index (χ3n) is 3.90. The lowest BCUT2D eigenvalue weighted by Gasteiger charge is -2.34. The van der Waals surface area contributed by atoms with Crippen molar-refractivity contribution in [3.63, 3.8) is 0 Å². The summed E-state index contributed by atoms with van der Waals surface area (Å²) in [4.78, 5) is 6.85. The van der Waals surface area contributed by atoms with Gasteiger partial charge in [-0.15, -0.1) is 0 Å². The zero-order valence-corrected chi connectivity index (χ0v) is 14.7. The number of aliphatic imine (C=N–C) groups is 1. The molecule has 1 saturated heterocycles. The standard InChI is InChI=1S/C17H26FN3OS/c1-3-15-12-21(9-10-23-15)17(19-4-2)20-11-16(22)13-5-7-14(18)8-6-13/h5-8,15-16,22H,3-4,9-12H2,1-2H3,(H,19,20). The van der Waals surface area contributed by atoms with Crippen LogP contribution in [0.3, 0.4) is 0 Å². The highest BCUT2D eigenvalue weighted by Gasteiger charge is 2.21. The van der Waals surface area contributed by atoms with E-state index in [4.69, 9.17) is 0 Å². The summed E-state index contributed by atoms with van der Waals surface area (Å²) in [5.41, 5.74) is 0.687. The van der Waals surface area contributed by atoms with Crippen molar-refractivity contribution in [2.24, 2.45) is 4.99 Å². The molecule has 0 aliphatic carbocycles. The average molecular weight is 339 g/mol. The second kappa shape index (κ2) is 9.13. The van der Waals surface area contributed by atoms with Gasteiger partial charge in [0.15, 0.2) is 5.96 Å². The van der Waals surface area contributed by atoms with Crippen LogP contribution in [0.4, 0.5) is 4.39 Å². The number of nitrogens with one attached hydrogen (secondary N) is 1. The lowest BCUT2D eigenvalue weighted by atomic mass is 10.1. The number of hydrogen-bond acceptors (Lipinski definition) is 3. The monoisotopic (exact) mass is 339 g/mol. The van der Waals surface area contributed by atoms with Crippen molar-refractivity contribution in [2.75, 3.05) is 31.9 Å². The molecule has 1 aromatic rings. The highest BCUT2D eigenvalue weighted by atomic mass is 32.2. The van der Waals surface area contributed by atoms with E-state index >= 15 is 0 Å². The van der Waals surface area contributed by atoms with Gasteiger partial charge >= 0.3 is 0 Å². The first-order valence-corrected chi connectivity index (χ1v) is 9.27. The van der Waals surface area contributed by atoms with Gasteiger partial charge in [-0.2, -0.15) is 11.8 Å². The Balaban J connectivity index is 2.01. The van der Waals surface area contributed by atoms with Crippen molar-refractivity contribution in [1.29, 1.82) is 0 Å². The summed E-state index contributed by atoms with van der Waals surface area (Å²) in [6, 6.07) is 5.93. The van der Waals surface area contributed by atoms with E-state index in [1.807, 2.05) is 18.7 Å². The minimum atomic E-state index is -0.717. The van der Waals surface area contributed by atoms with Crippen molar-refractivity contribution in [1.82, 2.24) is 10.2 Å². The molecule has 0 bridgehead atoms. The summed E-state index contributed by atoms with van der Waals surface area (Å²) in [6.07, 6.45) is 0.434. The molecule has 0 saturated carbocycles. The normalized spacial score (nSPS) is 20.4. The quantitative estimate of drug-likeness (QED) is 0.640. The Morgan fingerprint density at radius 1 is 1.43 bits per heavy atom. The minimum Gasteiger partial charge on any atom is -0.386 e. The Labute approximate surface area is 142 Å². The predicted molar refractivity (Wildman–Crippen MR) is 95.4 cm³/mol. The van der Waals surface area contributed by atoms with Gasteiger partial charge in [0.2, 0.25) is 0 Å². The van der Waals surface area contributed by atoms with E-state index < -0.39 is 6.10 Å². The van der Waals surface area contributed by atoms with Crippen molar-refractivity contribution >= 4 is 17.7 Å². The van der Waals surface area contributed by atoms with Gasteiger partial charge in [0.05, 0.1) is 12.6 Å². The van der Waals surface area contributed by atoms with Crippen molar-refractivity contribution in [2.45, 2.75) is 31.6 Å². The largest absolute Gasteiger partial charge is 0.386 e. The van der Waals surface area contributed by atoms with E-state index in [1.165, 1.54) is 12.1 Å². The summed E-state index contributed by atoms with van der Waals surface area (Å²) in [5, 5.41) is 14.2. The van der Waals surface area contributed by atoms with Gasteiger partial charge in [-0.3, -0.25) is 4.99 Å². The molecule has 1 aliphatic rings. The van der Waals surface area contributed by atoms with Gasteiger partial charge in [-0.1, -0.05) is 19.1 Å². The molecular weight excluding hydrogens is 313 g/mol. The molecule has 0 spiro atoms. The zero-order valence-electron chi connectivity index (χ0n) is 13.8.